The zero-order chi connectivity index (χ0) is 26.5. The van der Waals surface area contributed by atoms with E-state index < -0.39 is 0 Å². The quantitative estimate of drug-likeness (QED) is 0.333. The summed E-state index contributed by atoms with van der Waals surface area (Å²) in [4.78, 5) is 23.2. The zero-order valence-electron chi connectivity index (χ0n) is 22.8. The highest BCUT2D eigenvalue weighted by molar-refractivity contribution is 6.07. The van der Waals surface area contributed by atoms with E-state index in [-0.39, 0.29) is 0 Å². The smallest absolute Gasteiger partial charge is 0.174 e. The predicted octanol–water partition coefficient (Wildman–Crippen LogP) is 4.49. The Bertz CT molecular complexity index is 1230. The van der Waals surface area contributed by atoms with E-state index in [1.807, 2.05) is 36.7 Å². The lowest BCUT2D eigenvalue weighted by molar-refractivity contribution is 0.281. The van der Waals surface area contributed by atoms with Gasteiger partial charge in [0, 0.05) is 43.9 Å². The van der Waals surface area contributed by atoms with Gasteiger partial charge in [-0.05, 0) is 88.6 Å². The van der Waals surface area contributed by atoms with Crippen molar-refractivity contribution in [3.05, 3.63) is 71.3 Å². The highest BCUT2D eigenvalue weighted by Crippen LogP contribution is 2.33. The third-order valence-electron chi connectivity index (χ3n) is 6.61. The minimum atomic E-state index is 0.655. The number of hydrogen-bond donors (Lipinski definition) is 0. The molecule has 0 aliphatic carbocycles. The molecule has 5 rings (SSSR count). The molecular formula is C30H36N6O2. The van der Waals surface area contributed by atoms with Crippen molar-refractivity contribution >= 4 is 22.8 Å². The maximum Gasteiger partial charge on any atom is 0.174 e. The van der Waals surface area contributed by atoms with Gasteiger partial charge in [-0.15, -0.1) is 0 Å². The largest absolute Gasteiger partial charge is 0.494 e. The van der Waals surface area contributed by atoms with Crippen LogP contribution in [0.25, 0.3) is 0 Å². The summed E-state index contributed by atoms with van der Waals surface area (Å²) < 4.78 is 11.9. The van der Waals surface area contributed by atoms with E-state index in [4.69, 9.17) is 19.5 Å². The summed E-state index contributed by atoms with van der Waals surface area (Å²) in [6.07, 6.45) is 7.16. The summed E-state index contributed by atoms with van der Waals surface area (Å²) in [7, 11) is 8.29. The van der Waals surface area contributed by atoms with Gasteiger partial charge in [-0.3, -0.25) is 4.99 Å². The number of benzene rings is 2. The van der Waals surface area contributed by atoms with Crippen molar-refractivity contribution in [3.8, 4) is 11.5 Å². The predicted molar refractivity (Wildman–Crippen MR) is 152 cm³/mol. The Hall–Kier alpha value is -3.62. The van der Waals surface area contributed by atoms with Crippen molar-refractivity contribution < 1.29 is 9.47 Å². The molecule has 0 saturated heterocycles. The van der Waals surface area contributed by atoms with Gasteiger partial charge in [0.25, 0.3) is 0 Å². The van der Waals surface area contributed by atoms with Gasteiger partial charge >= 0.3 is 0 Å². The van der Waals surface area contributed by atoms with E-state index in [9.17, 15) is 0 Å². The summed E-state index contributed by atoms with van der Waals surface area (Å²) in [6, 6.07) is 12.2. The fraction of sp³-hybridized carbons (Fsp3) is 0.400. The number of nitrogens with zero attached hydrogens (tertiary/aromatic N) is 6. The molecule has 0 amide bonds. The van der Waals surface area contributed by atoms with Gasteiger partial charge in [0.2, 0.25) is 0 Å². The van der Waals surface area contributed by atoms with Gasteiger partial charge in [0.05, 0.1) is 36.0 Å². The summed E-state index contributed by atoms with van der Waals surface area (Å²) >= 11 is 0. The highest BCUT2D eigenvalue weighted by atomic mass is 16.5. The van der Waals surface area contributed by atoms with Gasteiger partial charge in [-0.2, -0.15) is 0 Å². The first-order valence-electron chi connectivity index (χ1n) is 13.2. The normalized spacial score (nSPS) is 13.9. The molecule has 2 aliphatic rings. The maximum atomic E-state index is 5.94. The molecule has 3 heterocycles. The lowest BCUT2D eigenvalue weighted by Crippen LogP contribution is -2.15. The molecule has 0 N–H and O–H groups in total. The van der Waals surface area contributed by atoms with Gasteiger partial charge in [0.1, 0.15) is 11.5 Å². The Balaban J connectivity index is 1.17. The van der Waals surface area contributed by atoms with Gasteiger partial charge < -0.3 is 19.3 Å². The van der Waals surface area contributed by atoms with Crippen LogP contribution in [0.1, 0.15) is 35.4 Å². The molecule has 198 valence electrons. The Labute approximate surface area is 225 Å². The molecule has 0 radical (unpaired) electrons. The molecule has 2 aliphatic heterocycles. The molecule has 0 unspecified atom stereocenters. The van der Waals surface area contributed by atoms with Crippen LogP contribution in [0.3, 0.4) is 0 Å². The fourth-order valence-corrected chi connectivity index (χ4v) is 4.60. The second kappa shape index (κ2) is 11.8. The molecule has 0 saturated carbocycles. The average molecular weight is 513 g/mol. The van der Waals surface area contributed by atoms with Crippen molar-refractivity contribution in [1.82, 2.24) is 19.8 Å². The van der Waals surface area contributed by atoms with E-state index in [0.717, 1.165) is 77.8 Å². The summed E-state index contributed by atoms with van der Waals surface area (Å²) in [6.45, 7) is 3.43. The van der Waals surface area contributed by atoms with Gasteiger partial charge in [-0.25, -0.2) is 15.0 Å². The minimum absolute atomic E-state index is 0.655. The molecule has 0 atom stereocenters. The topological polar surface area (TPSA) is 75.4 Å². The van der Waals surface area contributed by atoms with Crippen LogP contribution in [0, 0.1) is 0 Å². The number of aromatic nitrogens is 2. The summed E-state index contributed by atoms with van der Waals surface area (Å²) in [5, 5.41) is 0. The van der Waals surface area contributed by atoms with E-state index in [2.05, 4.69) is 60.1 Å². The fourth-order valence-electron chi connectivity index (χ4n) is 4.60. The standard InChI is InChI=1S/C30H36N6O2/c1-35(2)11-5-13-37-24-7-9-26-21(15-24)17-28(33-26)23-19-31-30(32-20-23)29-18-22-16-25(8-10-27(22)34-29)38-14-6-12-36(3)4/h7-10,15-16,19-20H,5-6,11-14,17-18H2,1-4H3. The Morgan fingerprint density at radius 1 is 0.684 bits per heavy atom. The average Bonchev–Trinajstić information content (AvgIpc) is 3.53. The Kier molecular flexibility index (Phi) is 8.10. The van der Waals surface area contributed by atoms with Crippen LogP contribution in [-0.4, -0.2) is 85.7 Å². The van der Waals surface area contributed by atoms with Gasteiger partial charge in [0.15, 0.2) is 5.82 Å². The molecule has 3 aromatic rings. The van der Waals surface area contributed by atoms with Crippen LogP contribution < -0.4 is 9.47 Å². The molecule has 8 heteroatoms. The molecule has 0 spiro atoms. The van der Waals surface area contributed by atoms with Crippen LogP contribution in [0.15, 0.2) is 58.8 Å². The van der Waals surface area contributed by atoms with Crippen LogP contribution in [0.2, 0.25) is 0 Å². The number of hydrogen-bond acceptors (Lipinski definition) is 8. The Morgan fingerprint density at radius 2 is 1.18 bits per heavy atom. The molecule has 0 bridgehead atoms. The molecular weight excluding hydrogens is 476 g/mol. The first-order chi connectivity index (χ1) is 18.4. The van der Waals surface area contributed by atoms with Crippen LogP contribution >= 0.6 is 0 Å². The second-order valence-corrected chi connectivity index (χ2v) is 10.4. The van der Waals surface area contributed by atoms with E-state index >= 15 is 0 Å². The number of fused-ring (bicyclic) bond motifs is 2. The lowest BCUT2D eigenvalue weighted by atomic mass is 10.1. The molecule has 1 aromatic heterocycles. The third kappa shape index (κ3) is 6.44. The molecule has 8 nitrogen and oxygen atoms in total. The number of ether oxygens (including phenoxy) is 2. The highest BCUT2D eigenvalue weighted by Gasteiger charge is 2.21. The van der Waals surface area contributed by atoms with Crippen molar-refractivity contribution in [2.45, 2.75) is 25.7 Å². The van der Waals surface area contributed by atoms with E-state index in [1.165, 1.54) is 5.56 Å². The van der Waals surface area contributed by atoms with Gasteiger partial charge in [-0.1, -0.05) is 0 Å². The molecule has 38 heavy (non-hydrogen) atoms. The summed E-state index contributed by atoms with van der Waals surface area (Å²) in [5.74, 6) is 2.44. The maximum absolute atomic E-state index is 5.94. The van der Waals surface area contributed by atoms with Crippen LogP contribution in [-0.2, 0) is 12.8 Å². The molecule has 0 fully saturated rings. The van der Waals surface area contributed by atoms with Crippen LogP contribution in [0.4, 0.5) is 11.4 Å². The monoisotopic (exact) mass is 512 g/mol. The van der Waals surface area contributed by atoms with Crippen LogP contribution in [0.5, 0.6) is 11.5 Å². The number of aliphatic imine (C=N–C) groups is 2. The first kappa shape index (κ1) is 26.0. The second-order valence-electron chi connectivity index (χ2n) is 10.4. The SMILES string of the molecule is CN(C)CCCOc1ccc2c(c1)CC(c1cnc(C3=Nc4ccc(OCCCN(C)C)cc4C3)nc1)=N2. The van der Waals surface area contributed by atoms with Crippen molar-refractivity contribution in [2.75, 3.05) is 54.5 Å². The van der Waals surface area contributed by atoms with Crippen molar-refractivity contribution in [1.29, 1.82) is 0 Å². The number of rotatable bonds is 12. The van der Waals surface area contributed by atoms with E-state index in [0.29, 0.717) is 25.5 Å². The van der Waals surface area contributed by atoms with Crippen molar-refractivity contribution in [3.63, 3.8) is 0 Å². The Morgan fingerprint density at radius 3 is 1.71 bits per heavy atom. The first-order valence-corrected chi connectivity index (χ1v) is 13.2. The lowest BCUT2D eigenvalue weighted by Gasteiger charge is -2.11. The third-order valence-corrected chi connectivity index (χ3v) is 6.61. The zero-order valence-corrected chi connectivity index (χ0v) is 22.8. The van der Waals surface area contributed by atoms with Crippen molar-refractivity contribution in [2.24, 2.45) is 9.98 Å². The minimum Gasteiger partial charge on any atom is -0.494 e. The molecule has 2 aromatic carbocycles. The summed E-state index contributed by atoms with van der Waals surface area (Å²) in [5.41, 5.74) is 7.05. The van der Waals surface area contributed by atoms with E-state index in [1.54, 1.807) is 0 Å².